The van der Waals surface area contributed by atoms with Crippen molar-refractivity contribution in [1.82, 2.24) is 15.0 Å². The molecule has 0 aliphatic heterocycles. The first kappa shape index (κ1) is 19.6. The predicted molar refractivity (Wildman–Crippen MR) is 129 cm³/mol. The van der Waals surface area contributed by atoms with E-state index in [1.165, 1.54) is 16.7 Å². The van der Waals surface area contributed by atoms with Crippen LogP contribution in [0, 0.1) is 13.8 Å². The Bertz CT molecular complexity index is 1420. The van der Waals surface area contributed by atoms with Crippen molar-refractivity contribution < 1.29 is 4.74 Å². The third-order valence-corrected chi connectivity index (χ3v) is 5.97. The highest BCUT2D eigenvalue weighted by atomic mass is 79.9. The van der Waals surface area contributed by atoms with Gasteiger partial charge in [-0.3, -0.25) is 9.97 Å². The van der Waals surface area contributed by atoms with Gasteiger partial charge in [-0.05, 0) is 76.8 Å². The average molecular weight is 470 g/mol. The van der Waals surface area contributed by atoms with Crippen molar-refractivity contribution in [2.75, 3.05) is 7.11 Å². The molecule has 5 aromatic rings. The van der Waals surface area contributed by atoms with E-state index in [9.17, 15) is 0 Å². The molecule has 3 aromatic heterocycles. The van der Waals surface area contributed by atoms with Crippen molar-refractivity contribution >= 4 is 37.7 Å². The summed E-state index contributed by atoms with van der Waals surface area (Å²) in [6.07, 6.45) is 3.73. The number of hydrogen-bond donors (Lipinski definition) is 0. The Labute approximate surface area is 189 Å². The number of aromatic nitrogens is 3. The van der Waals surface area contributed by atoms with Crippen molar-refractivity contribution in [2.24, 2.45) is 0 Å². The number of hydrogen-bond acceptors (Lipinski definition) is 4. The monoisotopic (exact) mass is 469 g/mol. The molecular weight excluding hydrogens is 450 g/mol. The van der Waals surface area contributed by atoms with Gasteiger partial charge in [0.25, 0.3) is 0 Å². The smallest absolute Gasteiger partial charge is 0.119 e. The lowest BCUT2D eigenvalue weighted by Crippen LogP contribution is -1.94. The lowest BCUT2D eigenvalue weighted by atomic mass is 9.96. The molecule has 3 heterocycles. The van der Waals surface area contributed by atoms with Crippen LogP contribution in [-0.2, 0) is 0 Å². The zero-order valence-electron chi connectivity index (χ0n) is 17.5. The molecule has 0 saturated heterocycles. The maximum Gasteiger partial charge on any atom is 0.119 e. The summed E-state index contributed by atoms with van der Waals surface area (Å²) in [7, 11) is 1.69. The van der Waals surface area contributed by atoms with Crippen molar-refractivity contribution in [3.63, 3.8) is 0 Å². The highest BCUT2D eigenvalue weighted by Gasteiger charge is 2.11. The van der Waals surface area contributed by atoms with E-state index >= 15 is 0 Å². The lowest BCUT2D eigenvalue weighted by Gasteiger charge is -2.13. The molecule has 0 radical (unpaired) electrons. The van der Waals surface area contributed by atoms with Gasteiger partial charge in [0.15, 0.2) is 0 Å². The molecule has 0 aliphatic rings. The van der Waals surface area contributed by atoms with Crippen molar-refractivity contribution in [3.8, 4) is 28.3 Å². The van der Waals surface area contributed by atoms with Gasteiger partial charge in [0.1, 0.15) is 5.75 Å². The van der Waals surface area contributed by atoms with Crippen LogP contribution < -0.4 is 4.74 Å². The number of halogens is 1. The molecule has 0 fully saturated rings. The van der Waals surface area contributed by atoms with E-state index in [0.717, 1.165) is 49.0 Å². The molecule has 5 rings (SSSR count). The molecule has 0 N–H and O–H groups in total. The van der Waals surface area contributed by atoms with Crippen LogP contribution in [0.4, 0.5) is 0 Å². The highest BCUT2D eigenvalue weighted by Crippen LogP contribution is 2.32. The zero-order valence-corrected chi connectivity index (χ0v) is 19.1. The Kier molecular flexibility index (Phi) is 4.91. The molecule has 152 valence electrons. The van der Waals surface area contributed by atoms with E-state index in [-0.39, 0.29) is 0 Å². The second-order valence-electron chi connectivity index (χ2n) is 7.63. The Morgan fingerprint density at radius 3 is 2.16 bits per heavy atom. The van der Waals surface area contributed by atoms with E-state index in [2.05, 4.69) is 77.2 Å². The van der Waals surface area contributed by atoms with E-state index in [1.807, 2.05) is 24.5 Å². The second-order valence-corrected chi connectivity index (χ2v) is 8.54. The number of aryl methyl sites for hydroxylation is 2. The average Bonchev–Trinajstić information content (AvgIpc) is 2.78. The number of nitrogens with zero attached hydrogens (tertiary/aromatic N) is 3. The summed E-state index contributed by atoms with van der Waals surface area (Å²) in [6, 6.07) is 18.5. The van der Waals surface area contributed by atoms with Crippen LogP contribution in [-0.4, -0.2) is 22.1 Å². The van der Waals surface area contributed by atoms with E-state index in [4.69, 9.17) is 14.7 Å². The van der Waals surface area contributed by atoms with Gasteiger partial charge in [-0.2, -0.15) is 0 Å². The van der Waals surface area contributed by atoms with Crippen LogP contribution in [0.15, 0.2) is 71.5 Å². The quantitative estimate of drug-likeness (QED) is 0.269. The summed E-state index contributed by atoms with van der Waals surface area (Å²) in [5, 5.41) is 2.12. The van der Waals surface area contributed by atoms with Crippen LogP contribution in [0.1, 0.15) is 11.1 Å². The minimum absolute atomic E-state index is 0.833. The van der Waals surface area contributed by atoms with Crippen LogP contribution >= 0.6 is 15.9 Å². The van der Waals surface area contributed by atoms with Gasteiger partial charge in [-0.1, -0.05) is 24.3 Å². The summed E-state index contributed by atoms with van der Waals surface area (Å²) >= 11 is 3.49. The summed E-state index contributed by atoms with van der Waals surface area (Å²) in [4.78, 5) is 14.2. The molecule has 0 saturated carbocycles. The fourth-order valence-electron chi connectivity index (χ4n) is 4.09. The molecule has 0 spiro atoms. The molecular formula is C26H20BrN3O. The van der Waals surface area contributed by atoms with Crippen LogP contribution in [0.3, 0.4) is 0 Å². The number of rotatable bonds is 3. The molecule has 0 amide bonds. The fraction of sp³-hybridized carbons (Fsp3) is 0.115. The van der Waals surface area contributed by atoms with Crippen molar-refractivity contribution in [3.05, 3.63) is 82.6 Å². The first-order chi connectivity index (χ1) is 15.0. The summed E-state index contributed by atoms with van der Waals surface area (Å²) in [5.74, 6) is 0.872. The fourth-order valence-corrected chi connectivity index (χ4v) is 4.44. The third kappa shape index (κ3) is 3.55. The largest absolute Gasteiger partial charge is 0.497 e. The molecule has 2 aromatic carbocycles. The normalized spacial score (nSPS) is 11.2. The first-order valence-electron chi connectivity index (χ1n) is 10.0. The zero-order chi connectivity index (χ0) is 21.5. The van der Waals surface area contributed by atoms with E-state index in [1.54, 1.807) is 7.11 Å². The summed E-state index contributed by atoms with van der Waals surface area (Å²) < 4.78 is 6.34. The van der Waals surface area contributed by atoms with Gasteiger partial charge in [0, 0.05) is 33.2 Å². The first-order valence-corrected chi connectivity index (χ1v) is 10.8. The van der Waals surface area contributed by atoms with Gasteiger partial charge >= 0.3 is 0 Å². The minimum Gasteiger partial charge on any atom is -0.497 e. The molecule has 0 aliphatic carbocycles. The van der Waals surface area contributed by atoms with Crippen LogP contribution in [0.25, 0.3) is 44.3 Å². The molecule has 4 nitrogen and oxygen atoms in total. The number of ether oxygens (including phenoxy) is 1. The Morgan fingerprint density at radius 1 is 0.742 bits per heavy atom. The molecule has 0 atom stereocenters. The second kappa shape index (κ2) is 7.75. The Balaban J connectivity index is 1.58. The summed E-state index contributed by atoms with van der Waals surface area (Å²) in [6.45, 7) is 4.19. The standard InChI is InChI=1S/C26H20BrN3O/c1-15-10-21(31-3)11-16(2)24(15)19-7-8-22(28-13-19)23-9-6-17-4-5-18-12-20(27)14-29-25(18)26(17)30-23/h4-14H,1-3H3. The van der Waals surface area contributed by atoms with Gasteiger partial charge in [-0.15, -0.1) is 0 Å². The van der Waals surface area contributed by atoms with Crippen LogP contribution in [0.5, 0.6) is 5.75 Å². The van der Waals surface area contributed by atoms with Gasteiger partial charge in [0.2, 0.25) is 0 Å². The SMILES string of the molecule is COc1cc(C)c(-c2ccc(-c3ccc4ccc5cc(Br)cnc5c4n3)nc2)c(C)c1. The number of methoxy groups -OCH3 is 1. The van der Waals surface area contributed by atoms with Gasteiger partial charge in [0.05, 0.1) is 29.5 Å². The Morgan fingerprint density at radius 2 is 1.45 bits per heavy atom. The molecule has 0 unspecified atom stereocenters. The maximum atomic E-state index is 5.38. The molecule has 0 bridgehead atoms. The summed E-state index contributed by atoms with van der Waals surface area (Å²) in [5.41, 5.74) is 8.05. The molecule has 5 heteroatoms. The van der Waals surface area contributed by atoms with E-state index < -0.39 is 0 Å². The maximum absolute atomic E-state index is 5.38. The Hall–Kier alpha value is -3.31. The molecule has 31 heavy (non-hydrogen) atoms. The number of benzene rings is 2. The highest BCUT2D eigenvalue weighted by molar-refractivity contribution is 9.10. The topological polar surface area (TPSA) is 47.9 Å². The van der Waals surface area contributed by atoms with Crippen molar-refractivity contribution in [1.29, 1.82) is 0 Å². The number of fused-ring (bicyclic) bond motifs is 3. The van der Waals surface area contributed by atoms with Gasteiger partial charge in [-0.25, -0.2) is 4.98 Å². The van der Waals surface area contributed by atoms with Crippen molar-refractivity contribution in [2.45, 2.75) is 13.8 Å². The van der Waals surface area contributed by atoms with Crippen LogP contribution in [0.2, 0.25) is 0 Å². The van der Waals surface area contributed by atoms with E-state index in [0.29, 0.717) is 0 Å². The third-order valence-electron chi connectivity index (χ3n) is 5.53. The predicted octanol–water partition coefficient (Wildman–Crippen LogP) is 6.90. The lowest BCUT2D eigenvalue weighted by molar-refractivity contribution is 0.414. The number of pyridine rings is 3. The van der Waals surface area contributed by atoms with Gasteiger partial charge < -0.3 is 4.74 Å². The minimum atomic E-state index is 0.833.